The predicted molar refractivity (Wildman–Crippen MR) is 52.8 cm³/mol. The summed E-state index contributed by atoms with van der Waals surface area (Å²) in [5.74, 6) is 0. The second-order valence-electron chi connectivity index (χ2n) is 2.40. The minimum Gasteiger partial charge on any atom is -0.325 e. The summed E-state index contributed by atoms with van der Waals surface area (Å²) < 4.78 is 0.00338. The van der Waals surface area contributed by atoms with Crippen LogP contribution in [0.2, 0.25) is 0 Å². The SMILES string of the molecule is CCn1nnc(CN)c1C(Cl)(Cl)Cl. The molecular weight excluding hydrogens is 234 g/mol. The van der Waals surface area contributed by atoms with Crippen molar-refractivity contribution in [1.29, 1.82) is 0 Å². The molecule has 0 saturated carbocycles. The van der Waals surface area contributed by atoms with Crippen LogP contribution in [-0.2, 0) is 16.9 Å². The zero-order valence-electron chi connectivity index (χ0n) is 6.97. The minimum absolute atomic E-state index is 0.212. The summed E-state index contributed by atoms with van der Waals surface area (Å²) in [4.78, 5) is 0. The molecule has 2 N–H and O–H groups in total. The number of nitrogens with two attached hydrogens (primary N) is 1. The van der Waals surface area contributed by atoms with Crippen molar-refractivity contribution in [1.82, 2.24) is 15.0 Å². The largest absolute Gasteiger partial charge is 0.325 e. The molecule has 0 amide bonds. The van der Waals surface area contributed by atoms with E-state index in [2.05, 4.69) is 10.3 Å². The molecule has 0 aliphatic rings. The molecule has 1 rings (SSSR count). The lowest BCUT2D eigenvalue weighted by Crippen LogP contribution is -2.14. The molecule has 0 unspecified atom stereocenters. The summed E-state index contributed by atoms with van der Waals surface area (Å²) >= 11 is 17.2. The van der Waals surface area contributed by atoms with Gasteiger partial charge in [-0.25, -0.2) is 4.68 Å². The number of alkyl halides is 3. The molecule has 74 valence electrons. The highest BCUT2D eigenvalue weighted by atomic mass is 35.6. The topological polar surface area (TPSA) is 56.7 Å². The van der Waals surface area contributed by atoms with Gasteiger partial charge in [-0.1, -0.05) is 40.0 Å². The van der Waals surface area contributed by atoms with Gasteiger partial charge in [0.1, 0.15) is 11.4 Å². The van der Waals surface area contributed by atoms with E-state index < -0.39 is 3.79 Å². The highest BCUT2D eigenvalue weighted by molar-refractivity contribution is 6.66. The van der Waals surface area contributed by atoms with E-state index in [0.717, 1.165) is 0 Å². The van der Waals surface area contributed by atoms with Crippen molar-refractivity contribution in [3.05, 3.63) is 11.4 Å². The maximum Gasteiger partial charge on any atom is 0.234 e. The molecule has 7 heteroatoms. The second-order valence-corrected chi connectivity index (χ2v) is 4.68. The molecule has 0 fully saturated rings. The molecule has 1 aromatic heterocycles. The molecule has 0 atom stereocenters. The molecule has 0 aliphatic carbocycles. The van der Waals surface area contributed by atoms with Crippen molar-refractivity contribution in [3.8, 4) is 0 Å². The Balaban J connectivity index is 3.20. The first-order chi connectivity index (χ1) is 6.00. The Hall–Kier alpha value is -0.0300. The van der Waals surface area contributed by atoms with Crippen molar-refractivity contribution in [2.45, 2.75) is 23.8 Å². The van der Waals surface area contributed by atoms with Gasteiger partial charge in [0.25, 0.3) is 0 Å². The first kappa shape index (κ1) is 11.0. The van der Waals surface area contributed by atoms with Crippen molar-refractivity contribution in [2.75, 3.05) is 0 Å². The van der Waals surface area contributed by atoms with Gasteiger partial charge in [-0.15, -0.1) is 5.10 Å². The standard InChI is InChI=1S/C6H9Cl3N4/c1-2-13-5(6(7,8)9)4(3-10)11-12-13/h2-3,10H2,1H3. The Labute approximate surface area is 90.9 Å². The average molecular weight is 244 g/mol. The monoisotopic (exact) mass is 242 g/mol. The van der Waals surface area contributed by atoms with Crippen LogP contribution in [0.4, 0.5) is 0 Å². The number of aromatic nitrogens is 3. The van der Waals surface area contributed by atoms with Crippen molar-refractivity contribution in [2.24, 2.45) is 5.73 Å². The van der Waals surface area contributed by atoms with Crippen LogP contribution < -0.4 is 5.73 Å². The lowest BCUT2D eigenvalue weighted by atomic mass is 10.3. The Morgan fingerprint density at radius 3 is 2.46 bits per heavy atom. The van der Waals surface area contributed by atoms with Gasteiger partial charge in [-0.2, -0.15) is 0 Å². The Bertz CT molecular complexity index is 269. The van der Waals surface area contributed by atoms with E-state index >= 15 is 0 Å². The lowest BCUT2D eigenvalue weighted by Gasteiger charge is -2.12. The van der Waals surface area contributed by atoms with Gasteiger partial charge in [0.2, 0.25) is 3.79 Å². The van der Waals surface area contributed by atoms with Crippen LogP contribution in [0.5, 0.6) is 0 Å². The van der Waals surface area contributed by atoms with Crippen LogP contribution >= 0.6 is 34.8 Å². The first-order valence-corrected chi connectivity index (χ1v) is 4.83. The molecule has 0 aliphatic heterocycles. The molecule has 0 bridgehead atoms. The minimum atomic E-state index is -1.52. The van der Waals surface area contributed by atoms with Gasteiger partial charge in [0.05, 0.1) is 0 Å². The molecule has 13 heavy (non-hydrogen) atoms. The molecular formula is C6H9Cl3N4. The van der Waals surface area contributed by atoms with E-state index in [9.17, 15) is 0 Å². The normalized spacial score (nSPS) is 12.1. The number of hydrogen-bond acceptors (Lipinski definition) is 3. The fraction of sp³-hybridized carbons (Fsp3) is 0.667. The van der Waals surface area contributed by atoms with Gasteiger partial charge in [0, 0.05) is 13.1 Å². The van der Waals surface area contributed by atoms with Crippen molar-refractivity contribution < 1.29 is 0 Å². The summed E-state index contributed by atoms with van der Waals surface area (Å²) in [6.07, 6.45) is 0. The van der Waals surface area contributed by atoms with Gasteiger partial charge in [-0.3, -0.25) is 0 Å². The van der Waals surface area contributed by atoms with E-state index in [1.54, 1.807) is 0 Å². The second kappa shape index (κ2) is 4.00. The number of rotatable bonds is 2. The quantitative estimate of drug-likeness (QED) is 0.803. The van der Waals surface area contributed by atoms with Crippen LogP contribution in [0.1, 0.15) is 18.3 Å². The number of aryl methyl sites for hydroxylation is 1. The molecule has 0 radical (unpaired) electrons. The van der Waals surface area contributed by atoms with Crippen LogP contribution in [0.3, 0.4) is 0 Å². The number of nitrogens with zero attached hydrogens (tertiary/aromatic N) is 3. The summed E-state index contributed by atoms with van der Waals surface area (Å²) in [6, 6.07) is 0. The molecule has 0 aromatic carbocycles. The highest BCUT2D eigenvalue weighted by Gasteiger charge is 2.31. The maximum absolute atomic E-state index is 5.74. The lowest BCUT2D eigenvalue weighted by molar-refractivity contribution is 0.602. The molecule has 1 heterocycles. The van der Waals surface area contributed by atoms with E-state index in [1.165, 1.54) is 4.68 Å². The van der Waals surface area contributed by atoms with Crippen molar-refractivity contribution in [3.63, 3.8) is 0 Å². The number of halogens is 3. The zero-order chi connectivity index (χ0) is 10.1. The maximum atomic E-state index is 5.74. The molecule has 0 saturated heterocycles. The van der Waals surface area contributed by atoms with E-state index in [4.69, 9.17) is 40.5 Å². The third-order valence-electron chi connectivity index (χ3n) is 1.57. The summed E-state index contributed by atoms with van der Waals surface area (Å²) in [5.41, 5.74) is 6.39. The predicted octanol–water partition coefficient (Wildman–Crippen LogP) is 1.58. The fourth-order valence-corrected chi connectivity index (χ4v) is 1.64. The van der Waals surface area contributed by atoms with Gasteiger partial charge in [-0.05, 0) is 6.92 Å². The van der Waals surface area contributed by atoms with E-state index in [1.807, 2.05) is 6.92 Å². The van der Waals surface area contributed by atoms with Crippen LogP contribution in [-0.4, -0.2) is 15.0 Å². The van der Waals surface area contributed by atoms with Crippen LogP contribution in [0, 0.1) is 0 Å². The smallest absolute Gasteiger partial charge is 0.234 e. The third kappa shape index (κ3) is 2.26. The Morgan fingerprint density at radius 1 is 1.46 bits per heavy atom. The third-order valence-corrected chi connectivity index (χ3v) is 2.10. The summed E-state index contributed by atoms with van der Waals surface area (Å²) in [6.45, 7) is 2.69. The van der Waals surface area contributed by atoms with E-state index in [0.29, 0.717) is 17.9 Å². The Morgan fingerprint density at radius 2 is 2.08 bits per heavy atom. The molecule has 1 aromatic rings. The highest BCUT2D eigenvalue weighted by Crippen LogP contribution is 2.39. The molecule has 0 spiro atoms. The Kier molecular flexibility index (Phi) is 3.40. The number of hydrogen-bond donors (Lipinski definition) is 1. The van der Waals surface area contributed by atoms with Gasteiger partial charge in [0.15, 0.2) is 0 Å². The van der Waals surface area contributed by atoms with Crippen molar-refractivity contribution >= 4 is 34.8 Å². The first-order valence-electron chi connectivity index (χ1n) is 3.70. The van der Waals surface area contributed by atoms with E-state index in [-0.39, 0.29) is 6.54 Å². The fourth-order valence-electron chi connectivity index (χ4n) is 1.02. The van der Waals surface area contributed by atoms with Crippen LogP contribution in [0.15, 0.2) is 0 Å². The van der Waals surface area contributed by atoms with Crippen LogP contribution in [0.25, 0.3) is 0 Å². The van der Waals surface area contributed by atoms with Gasteiger partial charge >= 0.3 is 0 Å². The molecule has 4 nitrogen and oxygen atoms in total. The summed E-state index contributed by atoms with van der Waals surface area (Å²) in [7, 11) is 0. The zero-order valence-corrected chi connectivity index (χ0v) is 9.23. The van der Waals surface area contributed by atoms with Gasteiger partial charge < -0.3 is 5.73 Å². The average Bonchev–Trinajstić information content (AvgIpc) is 2.45. The summed E-state index contributed by atoms with van der Waals surface area (Å²) in [5, 5.41) is 7.61.